The summed E-state index contributed by atoms with van der Waals surface area (Å²) < 4.78 is 1.88. The van der Waals surface area contributed by atoms with Crippen molar-refractivity contribution < 1.29 is 4.79 Å². The van der Waals surface area contributed by atoms with Crippen molar-refractivity contribution in [1.29, 1.82) is 0 Å². The second-order valence-electron chi connectivity index (χ2n) is 6.02. The molecule has 1 aliphatic rings. The molecule has 0 saturated carbocycles. The van der Waals surface area contributed by atoms with E-state index in [2.05, 4.69) is 27.6 Å². The Morgan fingerprint density at radius 2 is 1.80 bits per heavy atom. The molecule has 1 atom stereocenters. The summed E-state index contributed by atoms with van der Waals surface area (Å²) >= 11 is 0. The van der Waals surface area contributed by atoms with Crippen LogP contribution in [-0.4, -0.2) is 32.2 Å². The number of para-hydroxylation sites is 1. The maximum atomic E-state index is 12.5. The second-order valence-corrected chi connectivity index (χ2v) is 6.02. The van der Waals surface area contributed by atoms with Gasteiger partial charge < -0.3 is 10.2 Å². The fourth-order valence-corrected chi connectivity index (χ4v) is 3.09. The van der Waals surface area contributed by atoms with Crippen LogP contribution in [0, 0.1) is 0 Å². The van der Waals surface area contributed by atoms with Crippen LogP contribution in [0.3, 0.4) is 0 Å². The summed E-state index contributed by atoms with van der Waals surface area (Å²) in [5, 5.41) is 11.1. The van der Waals surface area contributed by atoms with Crippen LogP contribution in [-0.2, 0) is 6.54 Å². The number of hydrogen-bond donors (Lipinski definition) is 1. The normalized spacial score (nSPS) is 16.3. The van der Waals surface area contributed by atoms with Crippen molar-refractivity contribution in [3.05, 3.63) is 78.4 Å². The summed E-state index contributed by atoms with van der Waals surface area (Å²) in [6.45, 7) is 1.11. The molecule has 0 aliphatic carbocycles. The van der Waals surface area contributed by atoms with E-state index in [4.69, 9.17) is 0 Å². The van der Waals surface area contributed by atoms with Gasteiger partial charge in [0, 0.05) is 12.2 Å². The van der Waals surface area contributed by atoms with E-state index in [9.17, 15) is 4.79 Å². The molecule has 4 rings (SSSR count). The molecule has 0 unspecified atom stereocenters. The first-order valence-corrected chi connectivity index (χ1v) is 8.36. The maximum Gasteiger partial charge on any atom is 0.318 e. The summed E-state index contributed by atoms with van der Waals surface area (Å²) in [7, 11) is 0. The highest BCUT2D eigenvalue weighted by atomic mass is 16.2. The molecule has 3 aromatic rings. The molecule has 2 aromatic carbocycles. The molecule has 1 saturated heterocycles. The first kappa shape index (κ1) is 15.4. The average Bonchev–Trinajstić information content (AvgIpc) is 3.09. The lowest BCUT2D eigenvalue weighted by Gasteiger charge is -2.41. The predicted molar refractivity (Wildman–Crippen MR) is 94.1 cm³/mol. The van der Waals surface area contributed by atoms with Gasteiger partial charge in [-0.2, -0.15) is 0 Å². The van der Waals surface area contributed by atoms with Crippen LogP contribution in [0.15, 0.2) is 67.0 Å². The molecule has 1 N–H and O–H groups in total. The van der Waals surface area contributed by atoms with Crippen molar-refractivity contribution in [3.8, 4) is 5.69 Å². The molecular weight excluding hydrogens is 314 g/mol. The fourth-order valence-electron chi connectivity index (χ4n) is 3.09. The maximum absolute atomic E-state index is 12.5. The summed E-state index contributed by atoms with van der Waals surface area (Å²) in [5.41, 5.74) is 2.15. The van der Waals surface area contributed by atoms with Crippen LogP contribution in [0.25, 0.3) is 5.69 Å². The first-order chi connectivity index (χ1) is 12.3. The van der Waals surface area contributed by atoms with Gasteiger partial charge in [-0.1, -0.05) is 48.5 Å². The number of amides is 2. The third kappa shape index (κ3) is 3.10. The smallest absolute Gasteiger partial charge is 0.318 e. The highest BCUT2D eigenvalue weighted by molar-refractivity contribution is 5.75. The number of rotatable bonds is 4. The minimum atomic E-state index is -0.0669. The van der Waals surface area contributed by atoms with Crippen LogP contribution in [0.2, 0.25) is 0 Å². The Morgan fingerprint density at radius 3 is 2.48 bits per heavy atom. The summed E-state index contributed by atoms with van der Waals surface area (Å²) in [5.74, 6) is 0.705. The lowest BCUT2D eigenvalue weighted by molar-refractivity contribution is 0.115. The SMILES string of the molecule is O=C(NCc1nncn1-c1ccccc1)N1CC[C@H]1c1ccccc1. The quantitative estimate of drug-likeness (QED) is 0.798. The average molecular weight is 333 g/mol. The number of benzene rings is 2. The van der Waals surface area contributed by atoms with Crippen molar-refractivity contribution in [2.45, 2.75) is 19.0 Å². The largest absolute Gasteiger partial charge is 0.331 e. The van der Waals surface area contributed by atoms with Gasteiger partial charge >= 0.3 is 6.03 Å². The Labute approximate surface area is 146 Å². The molecule has 0 spiro atoms. The van der Waals surface area contributed by atoms with Crippen LogP contribution < -0.4 is 5.32 Å². The Balaban J connectivity index is 1.41. The predicted octanol–water partition coefficient (Wildman–Crippen LogP) is 2.92. The van der Waals surface area contributed by atoms with Gasteiger partial charge in [0.15, 0.2) is 5.82 Å². The molecule has 6 heteroatoms. The van der Waals surface area contributed by atoms with E-state index in [1.165, 1.54) is 5.56 Å². The highest BCUT2D eigenvalue weighted by Gasteiger charge is 2.33. The van der Waals surface area contributed by atoms with Gasteiger partial charge in [0.25, 0.3) is 0 Å². The number of urea groups is 1. The molecule has 2 amide bonds. The van der Waals surface area contributed by atoms with E-state index in [1.54, 1.807) is 6.33 Å². The lowest BCUT2D eigenvalue weighted by atomic mass is 9.95. The molecule has 0 bridgehead atoms. The van der Waals surface area contributed by atoms with E-state index in [0.717, 1.165) is 18.7 Å². The molecule has 0 radical (unpaired) electrons. The minimum Gasteiger partial charge on any atom is -0.331 e. The molecular formula is C19H19N5O. The third-order valence-electron chi connectivity index (χ3n) is 4.52. The van der Waals surface area contributed by atoms with Gasteiger partial charge in [-0.25, -0.2) is 4.79 Å². The van der Waals surface area contributed by atoms with Crippen molar-refractivity contribution in [2.24, 2.45) is 0 Å². The van der Waals surface area contributed by atoms with Crippen LogP contribution in [0.1, 0.15) is 23.9 Å². The van der Waals surface area contributed by atoms with E-state index in [0.29, 0.717) is 12.4 Å². The molecule has 1 fully saturated rings. The zero-order valence-corrected chi connectivity index (χ0v) is 13.7. The summed E-state index contributed by atoms with van der Waals surface area (Å²) in [4.78, 5) is 14.4. The van der Waals surface area contributed by atoms with Crippen molar-refractivity contribution in [2.75, 3.05) is 6.54 Å². The highest BCUT2D eigenvalue weighted by Crippen LogP contribution is 2.32. The zero-order chi connectivity index (χ0) is 17.1. The van der Waals surface area contributed by atoms with Gasteiger partial charge in [-0.15, -0.1) is 10.2 Å². The number of hydrogen-bond acceptors (Lipinski definition) is 3. The van der Waals surface area contributed by atoms with Crippen LogP contribution in [0.4, 0.5) is 4.79 Å². The number of nitrogens with one attached hydrogen (secondary N) is 1. The van der Waals surface area contributed by atoms with Gasteiger partial charge in [0.2, 0.25) is 0 Å². The summed E-state index contributed by atoms with van der Waals surface area (Å²) in [6, 6.07) is 20.1. The summed E-state index contributed by atoms with van der Waals surface area (Å²) in [6.07, 6.45) is 2.66. The van der Waals surface area contributed by atoms with E-state index in [-0.39, 0.29) is 12.1 Å². The first-order valence-electron chi connectivity index (χ1n) is 8.36. The van der Waals surface area contributed by atoms with Crippen molar-refractivity contribution >= 4 is 6.03 Å². The number of aromatic nitrogens is 3. The van der Waals surface area contributed by atoms with Crippen LogP contribution >= 0.6 is 0 Å². The Bertz CT molecular complexity index is 847. The van der Waals surface area contributed by atoms with E-state index < -0.39 is 0 Å². The Morgan fingerprint density at radius 1 is 1.08 bits per heavy atom. The molecule has 6 nitrogen and oxygen atoms in total. The van der Waals surface area contributed by atoms with Crippen LogP contribution in [0.5, 0.6) is 0 Å². The van der Waals surface area contributed by atoms with Gasteiger partial charge in [0.05, 0.1) is 12.6 Å². The standard InChI is InChI=1S/C19H19N5O/c25-19(23-12-11-17(23)15-7-3-1-4-8-15)20-13-18-22-21-14-24(18)16-9-5-2-6-10-16/h1-10,14,17H,11-13H2,(H,20,25)/t17-/m0/s1. The van der Waals surface area contributed by atoms with Gasteiger partial charge in [-0.3, -0.25) is 4.57 Å². The Hall–Kier alpha value is -3.15. The van der Waals surface area contributed by atoms with Crippen molar-refractivity contribution in [1.82, 2.24) is 25.0 Å². The van der Waals surface area contributed by atoms with Gasteiger partial charge in [-0.05, 0) is 24.1 Å². The molecule has 1 aliphatic heterocycles. The van der Waals surface area contributed by atoms with Crippen molar-refractivity contribution in [3.63, 3.8) is 0 Å². The number of nitrogens with zero attached hydrogens (tertiary/aromatic N) is 4. The lowest BCUT2D eigenvalue weighted by Crippen LogP contribution is -2.49. The minimum absolute atomic E-state index is 0.0669. The molecule has 126 valence electrons. The van der Waals surface area contributed by atoms with E-state index >= 15 is 0 Å². The molecule has 2 heterocycles. The van der Waals surface area contributed by atoms with E-state index in [1.807, 2.05) is 58.0 Å². The molecule has 25 heavy (non-hydrogen) atoms. The number of carbonyl (C=O) groups excluding carboxylic acids is 1. The van der Waals surface area contributed by atoms with Gasteiger partial charge in [0.1, 0.15) is 6.33 Å². The fraction of sp³-hybridized carbons (Fsp3) is 0.211. The number of likely N-dealkylation sites (tertiary alicyclic amines) is 1. The number of carbonyl (C=O) groups is 1. The second kappa shape index (κ2) is 6.76. The zero-order valence-electron chi connectivity index (χ0n) is 13.7. The third-order valence-corrected chi connectivity index (χ3v) is 4.52. The monoisotopic (exact) mass is 333 g/mol. The topological polar surface area (TPSA) is 63.1 Å². The molecule has 1 aromatic heterocycles. The Kier molecular flexibility index (Phi) is 4.16.